The highest BCUT2D eigenvalue weighted by atomic mass is 16.5. The summed E-state index contributed by atoms with van der Waals surface area (Å²) in [6.07, 6.45) is 0. The normalized spacial score (nSPS) is 15.8. The van der Waals surface area contributed by atoms with E-state index in [1.807, 2.05) is 39.0 Å². The molecule has 2 unspecified atom stereocenters. The molecule has 2 atom stereocenters. The van der Waals surface area contributed by atoms with Gasteiger partial charge in [-0.3, -0.25) is 4.79 Å². The van der Waals surface area contributed by atoms with Gasteiger partial charge < -0.3 is 10.5 Å². The minimum absolute atomic E-state index is 0.124. The number of Topliss-reactive ketones (excluding diaryl/α,β-unsaturated/α-hetero) is 1. The summed E-state index contributed by atoms with van der Waals surface area (Å²) in [7, 11) is 0. The van der Waals surface area contributed by atoms with Crippen LogP contribution in [0.3, 0.4) is 0 Å². The third kappa shape index (κ3) is 4.15. The van der Waals surface area contributed by atoms with Crippen LogP contribution in [0.4, 0.5) is 0 Å². The lowest BCUT2D eigenvalue weighted by Crippen LogP contribution is -2.36. The summed E-state index contributed by atoms with van der Waals surface area (Å²) in [5, 5.41) is 0. The number of hydrogen-bond donors (Lipinski definition) is 1. The second-order valence-corrected chi connectivity index (χ2v) is 5.61. The molecule has 19 heavy (non-hydrogen) atoms. The molecule has 0 saturated carbocycles. The van der Waals surface area contributed by atoms with Crippen LogP contribution in [-0.4, -0.2) is 25.5 Å². The van der Waals surface area contributed by atoms with Gasteiger partial charge in [-0.25, -0.2) is 0 Å². The number of benzene rings is 1. The van der Waals surface area contributed by atoms with Crippen molar-refractivity contribution < 1.29 is 9.53 Å². The number of nitrogens with two attached hydrogens (primary N) is 1. The predicted octanol–water partition coefficient (Wildman–Crippen LogP) is 2.45. The van der Waals surface area contributed by atoms with Gasteiger partial charge in [-0.2, -0.15) is 0 Å². The van der Waals surface area contributed by atoms with Crippen molar-refractivity contribution in [1.82, 2.24) is 0 Å². The first-order valence-corrected chi connectivity index (χ1v) is 6.76. The number of rotatable bonds is 7. The van der Waals surface area contributed by atoms with Crippen LogP contribution in [0.2, 0.25) is 0 Å². The number of carbonyl (C=O) groups excluding carboxylic acids is 1. The Bertz CT molecular complexity index is 431. The lowest BCUT2D eigenvalue weighted by molar-refractivity contribution is -0.124. The maximum atomic E-state index is 12.0. The summed E-state index contributed by atoms with van der Waals surface area (Å²) in [5.74, 6) is 0.437. The molecule has 0 fully saturated rings. The summed E-state index contributed by atoms with van der Waals surface area (Å²) in [6, 6.07) is 8.05. The van der Waals surface area contributed by atoms with Crippen molar-refractivity contribution in [1.29, 1.82) is 0 Å². The van der Waals surface area contributed by atoms with Gasteiger partial charge in [0.15, 0.2) is 0 Å². The van der Waals surface area contributed by atoms with E-state index >= 15 is 0 Å². The van der Waals surface area contributed by atoms with Crippen molar-refractivity contribution in [2.24, 2.45) is 11.7 Å². The van der Waals surface area contributed by atoms with E-state index in [0.717, 1.165) is 11.1 Å². The fourth-order valence-corrected chi connectivity index (χ4v) is 1.91. The zero-order valence-corrected chi connectivity index (χ0v) is 12.4. The zero-order chi connectivity index (χ0) is 14.5. The van der Waals surface area contributed by atoms with Gasteiger partial charge in [-0.05, 0) is 38.8 Å². The average Bonchev–Trinajstić information content (AvgIpc) is 2.38. The van der Waals surface area contributed by atoms with E-state index in [2.05, 4.69) is 6.07 Å². The van der Waals surface area contributed by atoms with Crippen LogP contribution in [0.1, 0.15) is 31.9 Å². The molecule has 1 aromatic carbocycles. The molecule has 106 valence electrons. The van der Waals surface area contributed by atoms with Crippen LogP contribution in [0.5, 0.6) is 0 Å². The van der Waals surface area contributed by atoms with E-state index < -0.39 is 5.41 Å². The highest BCUT2D eigenvalue weighted by Gasteiger charge is 2.32. The molecule has 0 aliphatic rings. The van der Waals surface area contributed by atoms with Crippen LogP contribution in [0.25, 0.3) is 0 Å². The van der Waals surface area contributed by atoms with Gasteiger partial charge in [-0.15, -0.1) is 0 Å². The first-order chi connectivity index (χ1) is 8.90. The molecule has 0 spiro atoms. The van der Waals surface area contributed by atoms with Crippen LogP contribution in [-0.2, 0) is 14.9 Å². The highest BCUT2D eigenvalue weighted by molar-refractivity contribution is 5.87. The smallest absolute Gasteiger partial charge is 0.142 e. The molecule has 3 heteroatoms. The van der Waals surface area contributed by atoms with E-state index in [-0.39, 0.29) is 5.78 Å². The lowest BCUT2D eigenvalue weighted by atomic mass is 9.79. The molecule has 1 aromatic rings. The molecular weight excluding hydrogens is 238 g/mol. The minimum Gasteiger partial charge on any atom is -0.380 e. The summed E-state index contributed by atoms with van der Waals surface area (Å²) < 4.78 is 5.71. The second-order valence-electron chi connectivity index (χ2n) is 5.61. The third-order valence-corrected chi connectivity index (χ3v) is 3.63. The standard InChI is InChI=1S/C16H25NO2/c1-12-6-5-7-15(8-12)16(4,14(3)18)11-19-10-13(2)9-17/h5-8,13H,9-11,17H2,1-4H3. The van der Waals surface area contributed by atoms with Gasteiger partial charge in [-0.1, -0.05) is 36.8 Å². The molecule has 0 bridgehead atoms. The van der Waals surface area contributed by atoms with E-state index in [1.54, 1.807) is 6.92 Å². The molecule has 0 saturated heterocycles. The summed E-state index contributed by atoms with van der Waals surface area (Å²) in [5.41, 5.74) is 7.15. The maximum absolute atomic E-state index is 12.0. The molecule has 0 heterocycles. The van der Waals surface area contributed by atoms with Gasteiger partial charge in [0.25, 0.3) is 0 Å². The number of ether oxygens (including phenoxy) is 1. The summed E-state index contributed by atoms with van der Waals surface area (Å²) >= 11 is 0. The summed E-state index contributed by atoms with van der Waals surface area (Å²) in [6.45, 7) is 9.22. The third-order valence-electron chi connectivity index (χ3n) is 3.63. The SMILES string of the molecule is CC(=O)C(C)(COCC(C)CN)c1cccc(C)c1. The molecule has 0 amide bonds. The Labute approximate surface area is 116 Å². The van der Waals surface area contributed by atoms with Crippen molar-refractivity contribution in [3.8, 4) is 0 Å². The number of carbonyl (C=O) groups is 1. The van der Waals surface area contributed by atoms with Gasteiger partial charge in [0.1, 0.15) is 5.78 Å². The molecular formula is C16H25NO2. The second kappa shape index (κ2) is 6.83. The fraction of sp³-hybridized carbons (Fsp3) is 0.562. The highest BCUT2D eigenvalue weighted by Crippen LogP contribution is 2.26. The van der Waals surface area contributed by atoms with Crippen LogP contribution < -0.4 is 5.73 Å². The fourth-order valence-electron chi connectivity index (χ4n) is 1.91. The van der Waals surface area contributed by atoms with Crippen molar-refractivity contribution >= 4 is 5.78 Å². The average molecular weight is 263 g/mol. The zero-order valence-electron chi connectivity index (χ0n) is 12.4. The van der Waals surface area contributed by atoms with Gasteiger partial charge in [0.05, 0.1) is 18.6 Å². The molecule has 0 aliphatic heterocycles. The predicted molar refractivity (Wildman–Crippen MR) is 78.2 cm³/mol. The Hall–Kier alpha value is -1.19. The number of ketones is 1. The van der Waals surface area contributed by atoms with Gasteiger partial charge in [0.2, 0.25) is 0 Å². The molecule has 1 rings (SSSR count). The quantitative estimate of drug-likeness (QED) is 0.822. The topological polar surface area (TPSA) is 52.3 Å². The molecule has 0 radical (unpaired) electrons. The minimum atomic E-state index is -0.583. The van der Waals surface area contributed by atoms with Crippen molar-refractivity contribution in [3.05, 3.63) is 35.4 Å². The van der Waals surface area contributed by atoms with E-state index in [0.29, 0.717) is 25.7 Å². The van der Waals surface area contributed by atoms with Crippen LogP contribution >= 0.6 is 0 Å². The Kier molecular flexibility index (Phi) is 5.70. The van der Waals surface area contributed by atoms with Gasteiger partial charge in [0, 0.05) is 0 Å². The first-order valence-electron chi connectivity index (χ1n) is 6.76. The Morgan fingerprint density at radius 3 is 2.68 bits per heavy atom. The Morgan fingerprint density at radius 1 is 1.47 bits per heavy atom. The van der Waals surface area contributed by atoms with Crippen molar-refractivity contribution in [2.75, 3.05) is 19.8 Å². The maximum Gasteiger partial charge on any atom is 0.142 e. The van der Waals surface area contributed by atoms with Crippen molar-refractivity contribution in [2.45, 2.75) is 33.1 Å². The van der Waals surface area contributed by atoms with E-state index in [4.69, 9.17) is 10.5 Å². The molecule has 0 aliphatic carbocycles. The van der Waals surface area contributed by atoms with Crippen LogP contribution in [0.15, 0.2) is 24.3 Å². The molecule has 3 nitrogen and oxygen atoms in total. The largest absolute Gasteiger partial charge is 0.380 e. The lowest BCUT2D eigenvalue weighted by Gasteiger charge is -2.28. The van der Waals surface area contributed by atoms with E-state index in [1.165, 1.54) is 0 Å². The first kappa shape index (κ1) is 15.9. The summed E-state index contributed by atoms with van der Waals surface area (Å²) in [4.78, 5) is 12.0. The molecule has 2 N–H and O–H groups in total. The van der Waals surface area contributed by atoms with Crippen LogP contribution in [0, 0.1) is 12.8 Å². The van der Waals surface area contributed by atoms with Gasteiger partial charge >= 0.3 is 0 Å². The Morgan fingerprint density at radius 2 is 2.16 bits per heavy atom. The van der Waals surface area contributed by atoms with Crippen molar-refractivity contribution in [3.63, 3.8) is 0 Å². The number of aryl methyl sites for hydroxylation is 1. The monoisotopic (exact) mass is 263 g/mol. The number of hydrogen-bond acceptors (Lipinski definition) is 3. The Balaban J connectivity index is 2.83. The van der Waals surface area contributed by atoms with E-state index in [9.17, 15) is 4.79 Å². The molecule has 0 aromatic heterocycles.